The van der Waals surface area contributed by atoms with Gasteiger partial charge in [-0.2, -0.15) is 0 Å². The number of anilines is 1. The number of esters is 1. The number of benzene rings is 3. The highest BCUT2D eigenvalue weighted by molar-refractivity contribution is 5.97. The molecular weight excluding hydrogens is 480 g/mol. The second-order valence-corrected chi connectivity index (χ2v) is 10.6. The fourth-order valence-corrected chi connectivity index (χ4v) is 6.03. The Kier molecular flexibility index (Phi) is 6.77. The Bertz CT molecular complexity index is 1290. The zero-order valence-corrected chi connectivity index (χ0v) is 21.4. The lowest BCUT2D eigenvalue weighted by Gasteiger charge is -2.51. The first-order valence-corrected chi connectivity index (χ1v) is 13.4. The standard InChI is InChI=1S/C31H33N2O5/c34-26(24-11-12-27-28(19-24)37-18-17-36-27)20-33-15-13-22(14-16-33)29(21-33)38-31(35)30(23-7-3-1-4-8-23)32-25-9-5-2-6-10-25/h1-12,19,22,29-30,32H,13-18,20-21H2/q+1/t22?,29-,30?,33?/m0/s1. The summed E-state index contributed by atoms with van der Waals surface area (Å²) in [7, 11) is 0. The Morgan fingerprint density at radius 3 is 2.32 bits per heavy atom. The topological polar surface area (TPSA) is 73.9 Å². The van der Waals surface area contributed by atoms with E-state index in [0.717, 1.165) is 37.2 Å². The molecule has 7 rings (SSSR count). The van der Waals surface area contributed by atoms with E-state index in [1.807, 2.05) is 72.8 Å². The van der Waals surface area contributed by atoms with Gasteiger partial charge < -0.3 is 24.0 Å². The van der Waals surface area contributed by atoms with Crippen LogP contribution >= 0.6 is 0 Å². The van der Waals surface area contributed by atoms with E-state index in [1.54, 1.807) is 6.07 Å². The second kappa shape index (κ2) is 10.5. The van der Waals surface area contributed by atoms with Crippen LogP contribution in [0.5, 0.6) is 11.5 Å². The van der Waals surface area contributed by atoms with E-state index in [1.165, 1.54) is 0 Å². The zero-order valence-electron chi connectivity index (χ0n) is 21.4. The number of fused-ring (bicyclic) bond motifs is 4. The molecule has 1 unspecified atom stereocenters. The predicted octanol–water partition coefficient (Wildman–Crippen LogP) is 4.65. The lowest BCUT2D eigenvalue weighted by Crippen LogP contribution is -2.65. The average Bonchev–Trinajstić information content (AvgIpc) is 2.97. The van der Waals surface area contributed by atoms with Crippen molar-refractivity contribution in [3.8, 4) is 11.5 Å². The quantitative estimate of drug-likeness (QED) is 0.269. The summed E-state index contributed by atoms with van der Waals surface area (Å²) >= 11 is 0. The maximum atomic E-state index is 13.6. The number of carbonyl (C=O) groups is 2. The molecule has 0 spiro atoms. The molecule has 0 saturated carbocycles. The molecule has 3 saturated heterocycles. The molecule has 196 valence electrons. The number of ether oxygens (including phenoxy) is 3. The number of hydrogen-bond acceptors (Lipinski definition) is 6. The smallest absolute Gasteiger partial charge is 0.333 e. The van der Waals surface area contributed by atoms with E-state index >= 15 is 0 Å². The van der Waals surface area contributed by atoms with Gasteiger partial charge in [0.05, 0.1) is 13.1 Å². The second-order valence-electron chi connectivity index (χ2n) is 10.6. The van der Waals surface area contributed by atoms with Crippen LogP contribution in [0.25, 0.3) is 0 Å². The molecular formula is C31H33N2O5+. The van der Waals surface area contributed by atoms with Crippen molar-refractivity contribution in [2.75, 3.05) is 44.7 Å². The maximum Gasteiger partial charge on any atom is 0.333 e. The predicted molar refractivity (Wildman–Crippen MR) is 143 cm³/mol. The van der Waals surface area contributed by atoms with Crippen molar-refractivity contribution in [2.45, 2.75) is 25.0 Å². The van der Waals surface area contributed by atoms with Crippen molar-refractivity contribution in [1.29, 1.82) is 0 Å². The van der Waals surface area contributed by atoms with Gasteiger partial charge in [-0.05, 0) is 35.9 Å². The number of rotatable bonds is 8. The number of para-hydroxylation sites is 1. The van der Waals surface area contributed by atoms with Crippen molar-refractivity contribution in [1.82, 2.24) is 0 Å². The molecule has 4 heterocycles. The Labute approximate surface area is 222 Å². The third kappa shape index (κ3) is 5.11. The van der Waals surface area contributed by atoms with Crippen LogP contribution in [-0.4, -0.2) is 61.7 Å². The molecule has 7 heteroatoms. The van der Waals surface area contributed by atoms with Crippen molar-refractivity contribution in [2.24, 2.45) is 5.92 Å². The Morgan fingerprint density at radius 2 is 1.58 bits per heavy atom. The molecule has 0 radical (unpaired) electrons. The van der Waals surface area contributed by atoms with E-state index in [2.05, 4.69) is 5.32 Å². The molecule has 38 heavy (non-hydrogen) atoms. The van der Waals surface area contributed by atoms with Crippen LogP contribution < -0.4 is 14.8 Å². The van der Waals surface area contributed by atoms with Gasteiger partial charge in [0.15, 0.2) is 23.6 Å². The molecule has 2 bridgehead atoms. The van der Waals surface area contributed by atoms with E-state index in [-0.39, 0.29) is 17.9 Å². The number of Topliss-reactive ketones (excluding diaryl/α,β-unsaturated/α-hetero) is 1. The first kappa shape index (κ1) is 24.5. The van der Waals surface area contributed by atoms with Crippen LogP contribution in [0.2, 0.25) is 0 Å². The van der Waals surface area contributed by atoms with Gasteiger partial charge in [-0.15, -0.1) is 0 Å². The summed E-state index contributed by atoms with van der Waals surface area (Å²) in [6.45, 7) is 3.93. The van der Waals surface area contributed by atoms with Gasteiger partial charge in [-0.3, -0.25) is 4.79 Å². The number of ketones is 1. The average molecular weight is 514 g/mol. The molecule has 3 fully saturated rings. The van der Waals surface area contributed by atoms with Crippen molar-refractivity contribution in [3.05, 3.63) is 90.0 Å². The molecule has 3 aromatic carbocycles. The van der Waals surface area contributed by atoms with Crippen molar-refractivity contribution < 1.29 is 28.3 Å². The van der Waals surface area contributed by atoms with Gasteiger partial charge in [0.1, 0.15) is 26.3 Å². The Hall–Kier alpha value is -3.84. The normalized spacial score (nSPS) is 24.3. The van der Waals surface area contributed by atoms with Crippen LogP contribution in [0.1, 0.15) is 34.8 Å². The summed E-state index contributed by atoms with van der Waals surface area (Å²) in [6.07, 6.45) is 1.70. The highest BCUT2D eigenvalue weighted by Crippen LogP contribution is 2.37. The third-order valence-electron chi connectivity index (χ3n) is 8.11. The van der Waals surface area contributed by atoms with Gasteiger partial charge in [0.2, 0.25) is 5.78 Å². The molecule has 3 aromatic rings. The van der Waals surface area contributed by atoms with Crippen molar-refractivity contribution in [3.63, 3.8) is 0 Å². The van der Waals surface area contributed by atoms with Crippen LogP contribution in [0.15, 0.2) is 78.9 Å². The SMILES string of the molecule is O=C(C[N+]12CCC(CC1)[C@@H](OC(=O)C(Nc1ccccc1)c1ccccc1)C2)c1ccc2c(c1)OCCO2. The van der Waals surface area contributed by atoms with Crippen LogP contribution in [0, 0.1) is 5.92 Å². The van der Waals surface area contributed by atoms with Crippen molar-refractivity contribution >= 4 is 17.4 Å². The largest absolute Gasteiger partial charge is 0.486 e. The lowest BCUT2D eigenvalue weighted by atomic mass is 9.82. The third-order valence-corrected chi connectivity index (χ3v) is 8.11. The summed E-state index contributed by atoms with van der Waals surface area (Å²) in [5, 5.41) is 3.36. The number of nitrogens with zero attached hydrogens (tertiary/aromatic N) is 1. The number of hydrogen-bond donors (Lipinski definition) is 1. The fraction of sp³-hybridized carbons (Fsp3) is 0.355. The lowest BCUT2D eigenvalue weighted by molar-refractivity contribution is -0.938. The highest BCUT2D eigenvalue weighted by atomic mass is 16.6. The number of quaternary nitrogens is 1. The van der Waals surface area contributed by atoms with Crippen LogP contribution in [0.3, 0.4) is 0 Å². The van der Waals surface area contributed by atoms with Gasteiger partial charge in [0.25, 0.3) is 0 Å². The number of nitrogens with one attached hydrogen (secondary N) is 1. The molecule has 7 nitrogen and oxygen atoms in total. The highest BCUT2D eigenvalue weighted by Gasteiger charge is 2.49. The first-order chi connectivity index (χ1) is 18.6. The Morgan fingerprint density at radius 1 is 0.895 bits per heavy atom. The maximum absolute atomic E-state index is 13.6. The minimum Gasteiger partial charge on any atom is -0.486 e. The minimum atomic E-state index is -0.609. The molecule has 0 amide bonds. The van der Waals surface area contributed by atoms with E-state index in [0.29, 0.717) is 53.8 Å². The fourth-order valence-electron chi connectivity index (χ4n) is 6.03. The summed E-state index contributed by atoms with van der Waals surface area (Å²) in [6, 6.07) is 24.2. The monoisotopic (exact) mass is 513 g/mol. The van der Waals surface area contributed by atoms with E-state index < -0.39 is 6.04 Å². The Balaban J connectivity index is 1.16. The molecule has 0 aromatic heterocycles. The van der Waals surface area contributed by atoms with E-state index in [4.69, 9.17) is 14.2 Å². The molecule has 1 N–H and O–H groups in total. The van der Waals surface area contributed by atoms with Crippen LogP contribution in [-0.2, 0) is 9.53 Å². The van der Waals surface area contributed by atoms with Crippen LogP contribution in [0.4, 0.5) is 5.69 Å². The van der Waals surface area contributed by atoms with Gasteiger partial charge in [-0.1, -0.05) is 48.5 Å². The van der Waals surface area contributed by atoms with Gasteiger partial charge >= 0.3 is 5.97 Å². The summed E-state index contributed by atoms with van der Waals surface area (Å²) in [4.78, 5) is 27.0. The summed E-state index contributed by atoms with van der Waals surface area (Å²) in [5.74, 6) is 1.44. The molecule has 4 aliphatic rings. The molecule has 4 aliphatic heterocycles. The number of carbonyl (C=O) groups excluding carboxylic acids is 2. The number of piperidine rings is 3. The summed E-state index contributed by atoms with van der Waals surface area (Å²) in [5.41, 5.74) is 2.36. The van der Waals surface area contributed by atoms with E-state index in [9.17, 15) is 9.59 Å². The van der Waals surface area contributed by atoms with Gasteiger partial charge in [0, 0.05) is 30.0 Å². The summed E-state index contributed by atoms with van der Waals surface area (Å²) < 4.78 is 18.2. The zero-order chi connectivity index (χ0) is 26.0. The molecule has 0 aliphatic carbocycles. The first-order valence-electron chi connectivity index (χ1n) is 13.4. The molecule has 2 atom stereocenters. The van der Waals surface area contributed by atoms with Gasteiger partial charge in [-0.25, -0.2) is 4.79 Å². The minimum absolute atomic E-state index is 0.0836.